The average molecular weight is 271 g/mol. The fourth-order valence-corrected chi connectivity index (χ4v) is 2.27. The van der Waals surface area contributed by atoms with E-state index < -0.39 is 0 Å². The van der Waals surface area contributed by atoms with Crippen LogP contribution in [0.15, 0.2) is 24.3 Å². The van der Waals surface area contributed by atoms with Crippen LogP contribution in [0.25, 0.3) is 0 Å². The van der Waals surface area contributed by atoms with E-state index in [0.29, 0.717) is 12.5 Å². The summed E-state index contributed by atoms with van der Waals surface area (Å²) in [4.78, 5) is 0. The van der Waals surface area contributed by atoms with Gasteiger partial charge in [-0.05, 0) is 30.4 Å². The van der Waals surface area contributed by atoms with Crippen molar-refractivity contribution >= 4 is 11.6 Å². The van der Waals surface area contributed by atoms with Crippen LogP contribution in [0, 0.1) is 5.41 Å². The van der Waals surface area contributed by atoms with Gasteiger partial charge >= 0.3 is 0 Å². The Bertz CT molecular complexity index is 354. The van der Waals surface area contributed by atoms with Crippen LogP contribution >= 0.6 is 11.6 Å². The zero-order valence-corrected chi connectivity index (χ0v) is 12.3. The highest BCUT2D eigenvalue weighted by atomic mass is 35.5. The highest BCUT2D eigenvalue weighted by molar-refractivity contribution is 6.18. The summed E-state index contributed by atoms with van der Waals surface area (Å²) < 4.78 is 11.0. The Kier molecular flexibility index (Phi) is 6.34. The van der Waals surface area contributed by atoms with Gasteiger partial charge < -0.3 is 9.47 Å². The van der Waals surface area contributed by atoms with Crippen LogP contribution in [-0.2, 0) is 0 Å². The van der Waals surface area contributed by atoms with Crippen molar-refractivity contribution in [3.05, 3.63) is 24.3 Å². The molecule has 0 N–H and O–H groups in total. The molecule has 0 aromatic heterocycles. The molecule has 1 rings (SSSR count). The van der Waals surface area contributed by atoms with Crippen molar-refractivity contribution in [3.8, 4) is 11.5 Å². The highest BCUT2D eigenvalue weighted by Crippen LogP contribution is 2.31. The number of rotatable bonds is 8. The lowest BCUT2D eigenvalue weighted by Gasteiger charge is -2.26. The molecule has 0 radical (unpaired) electrons. The zero-order chi connectivity index (χ0) is 13.4. The van der Waals surface area contributed by atoms with Gasteiger partial charge in [0.1, 0.15) is 0 Å². The Morgan fingerprint density at radius 2 is 1.83 bits per heavy atom. The SMILES string of the molecule is CCCC(C)(CCl)CCOc1ccccc1OC. The number of methoxy groups -OCH3 is 1. The van der Waals surface area contributed by atoms with E-state index >= 15 is 0 Å². The number of halogens is 1. The summed E-state index contributed by atoms with van der Waals surface area (Å²) in [6.07, 6.45) is 3.24. The minimum absolute atomic E-state index is 0.165. The molecule has 3 heteroatoms. The smallest absolute Gasteiger partial charge is 0.161 e. The fourth-order valence-electron chi connectivity index (χ4n) is 2.01. The standard InChI is InChI=1S/C15H23ClO2/c1-4-9-15(2,12-16)10-11-18-14-8-6-5-7-13(14)17-3/h5-8H,4,9-12H2,1-3H3. The number of para-hydroxylation sites is 2. The molecule has 1 unspecified atom stereocenters. The molecule has 18 heavy (non-hydrogen) atoms. The van der Waals surface area contributed by atoms with E-state index in [2.05, 4.69) is 13.8 Å². The lowest BCUT2D eigenvalue weighted by Crippen LogP contribution is -2.21. The largest absolute Gasteiger partial charge is 0.493 e. The molecular weight excluding hydrogens is 248 g/mol. The molecule has 0 bridgehead atoms. The van der Waals surface area contributed by atoms with Crippen LogP contribution in [0.2, 0.25) is 0 Å². The summed E-state index contributed by atoms with van der Waals surface area (Å²) >= 11 is 6.05. The van der Waals surface area contributed by atoms with Crippen molar-refractivity contribution in [1.29, 1.82) is 0 Å². The average Bonchev–Trinajstić information content (AvgIpc) is 2.39. The van der Waals surface area contributed by atoms with Gasteiger partial charge in [0.25, 0.3) is 0 Å². The molecular formula is C15H23ClO2. The van der Waals surface area contributed by atoms with Crippen molar-refractivity contribution in [1.82, 2.24) is 0 Å². The first-order valence-electron chi connectivity index (χ1n) is 6.47. The molecule has 102 valence electrons. The fraction of sp³-hybridized carbons (Fsp3) is 0.600. The molecule has 0 aliphatic carbocycles. The summed E-state index contributed by atoms with van der Waals surface area (Å²) in [6, 6.07) is 7.72. The summed E-state index contributed by atoms with van der Waals surface area (Å²) in [5.74, 6) is 2.25. The highest BCUT2D eigenvalue weighted by Gasteiger charge is 2.22. The molecule has 1 aromatic carbocycles. The van der Waals surface area contributed by atoms with Gasteiger partial charge in [-0.3, -0.25) is 0 Å². The Hall–Kier alpha value is -0.890. The number of hydrogen-bond donors (Lipinski definition) is 0. The molecule has 0 aliphatic heterocycles. The van der Waals surface area contributed by atoms with Crippen molar-refractivity contribution in [2.75, 3.05) is 19.6 Å². The van der Waals surface area contributed by atoms with E-state index in [0.717, 1.165) is 30.8 Å². The Labute approximate surface area is 115 Å². The second kappa shape index (κ2) is 7.52. The lowest BCUT2D eigenvalue weighted by atomic mass is 9.85. The van der Waals surface area contributed by atoms with Crippen LogP contribution in [0.4, 0.5) is 0 Å². The lowest BCUT2D eigenvalue weighted by molar-refractivity contribution is 0.213. The van der Waals surface area contributed by atoms with Gasteiger partial charge in [-0.25, -0.2) is 0 Å². The van der Waals surface area contributed by atoms with Gasteiger partial charge in [0, 0.05) is 5.88 Å². The summed E-state index contributed by atoms with van der Waals surface area (Å²) in [7, 11) is 1.65. The van der Waals surface area contributed by atoms with Crippen molar-refractivity contribution in [2.24, 2.45) is 5.41 Å². The maximum atomic E-state index is 6.05. The second-order valence-corrected chi connectivity index (χ2v) is 5.21. The van der Waals surface area contributed by atoms with Gasteiger partial charge in [-0.15, -0.1) is 11.6 Å². The van der Waals surface area contributed by atoms with E-state index in [-0.39, 0.29) is 5.41 Å². The maximum Gasteiger partial charge on any atom is 0.161 e. The molecule has 0 saturated carbocycles. The quantitative estimate of drug-likeness (QED) is 0.647. The molecule has 0 heterocycles. The van der Waals surface area contributed by atoms with Crippen LogP contribution in [0.5, 0.6) is 11.5 Å². The Morgan fingerprint density at radius 1 is 1.17 bits per heavy atom. The van der Waals surface area contributed by atoms with Crippen molar-refractivity contribution < 1.29 is 9.47 Å². The molecule has 0 fully saturated rings. The van der Waals surface area contributed by atoms with Gasteiger partial charge in [-0.1, -0.05) is 32.4 Å². The van der Waals surface area contributed by atoms with Gasteiger partial charge in [0.15, 0.2) is 11.5 Å². The van der Waals surface area contributed by atoms with Crippen LogP contribution < -0.4 is 9.47 Å². The molecule has 1 atom stereocenters. The van der Waals surface area contributed by atoms with Crippen LogP contribution in [-0.4, -0.2) is 19.6 Å². The molecule has 0 aliphatic rings. The van der Waals surface area contributed by atoms with Gasteiger partial charge in [0.05, 0.1) is 13.7 Å². The number of hydrogen-bond acceptors (Lipinski definition) is 2. The van der Waals surface area contributed by atoms with Gasteiger partial charge in [-0.2, -0.15) is 0 Å². The Morgan fingerprint density at radius 3 is 2.39 bits per heavy atom. The van der Waals surface area contributed by atoms with Crippen LogP contribution in [0.3, 0.4) is 0 Å². The topological polar surface area (TPSA) is 18.5 Å². The first kappa shape index (κ1) is 15.2. The normalized spacial score (nSPS) is 14.0. The number of ether oxygens (including phenoxy) is 2. The predicted octanol–water partition coefficient (Wildman–Crippen LogP) is 4.51. The third-order valence-electron chi connectivity index (χ3n) is 3.21. The third kappa shape index (κ3) is 4.41. The number of benzene rings is 1. The van der Waals surface area contributed by atoms with Crippen molar-refractivity contribution in [2.45, 2.75) is 33.1 Å². The van der Waals surface area contributed by atoms with Crippen LogP contribution in [0.1, 0.15) is 33.1 Å². The summed E-state index contributed by atoms with van der Waals surface area (Å²) in [6.45, 7) is 5.07. The van der Waals surface area contributed by atoms with E-state index in [1.807, 2.05) is 24.3 Å². The second-order valence-electron chi connectivity index (χ2n) is 4.94. The molecule has 1 aromatic rings. The molecule has 0 spiro atoms. The minimum atomic E-state index is 0.165. The van der Waals surface area contributed by atoms with E-state index in [1.54, 1.807) is 7.11 Å². The van der Waals surface area contributed by atoms with E-state index in [9.17, 15) is 0 Å². The maximum absolute atomic E-state index is 6.05. The number of alkyl halides is 1. The van der Waals surface area contributed by atoms with E-state index in [4.69, 9.17) is 21.1 Å². The van der Waals surface area contributed by atoms with Crippen molar-refractivity contribution in [3.63, 3.8) is 0 Å². The van der Waals surface area contributed by atoms with E-state index in [1.165, 1.54) is 0 Å². The minimum Gasteiger partial charge on any atom is -0.493 e. The Balaban J connectivity index is 2.50. The molecule has 0 amide bonds. The first-order valence-corrected chi connectivity index (χ1v) is 7.00. The summed E-state index contributed by atoms with van der Waals surface area (Å²) in [5.41, 5.74) is 0.165. The molecule has 0 saturated heterocycles. The summed E-state index contributed by atoms with van der Waals surface area (Å²) in [5, 5.41) is 0. The third-order valence-corrected chi connectivity index (χ3v) is 3.85. The first-order chi connectivity index (χ1) is 8.65. The zero-order valence-electron chi connectivity index (χ0n) is 11.5. The molecule has 2 nitrogen and oxygen atoms in total. The predicted molar refractivity (Wildman–Crippen MR) is 76.8 cm³/mol. The monoisotopic (exact) mass is 270 g/mol. The van der Waals surface area contributed by atoms with Gasteiger partial charge in [0.2, 0.25) is 0 Å².